The molecule has 1 saturated heterocycles. The predicted octanol–water partition coefficient (Wildman–Crippen LogP) is 1.54. The normalized spacial score (nSPS) is 19.2. The highest BCUT2D eigenvalue weighted by Gasteiger charge is 2.34. The Hall–Kier alpha value is -2.43. The number of nitrogens with one attached hydrogen (secondary N) is 1. The van der Waals surface area contributed by atoms with Crippen LogP contribution in [0.2, 0.25) is 0 Å². The van der Waals surface area contributed by atoms with Crippen molar-refractivity contribution >= 4 is 22.9 Å². The first-order valence-electron chi connectivity index (χ1n) is 5.11. The molecule has 5 heteroatoms. The quantitative estimate of drug-likeness (QED) is 0.803. The van der Waals surface area contributed by atoms with Gasteiger partial charge in [0.25, 0.3) is 5.91 Å². The van der Waals surface area contributed by atoms with Crippen molar-refractivity contribution in [1.82, 2.24) is 10.3 Å². The Kier molecular flexibility index (Phi) is 2.04. The summed E-state index contributed by atoms with van der Waals surface area (Å²) in [5.41, 5.74) is 1.27. The van der Waals surface area contributed by atoms with E-state index in [1.54, 1.807) is 18.3 Å². The Morgan fingerprint density at radius 3 is 2.76 bits per heavy atom. The maximum absolute atomic E-state index is 11.5. The van der Waals surface area contributed by atoms with Crippen LogP contribution in [-0.4, -0.2) is 17.0 Å². The van der Waals surface area contributed by atoms with Gasteiger partial charge in [0.15, 0.2) is 0 Å². The van der Waals surface area contributed by atoms with Crippen molar-refractivity contribution in [1.29, 1.82) is 0 Å². The number of pyridine rings is 1. The fourth-order valence-corrected chi connectivity index (χ4v) is 1.90. The molecule has 1 fully saturated rings. The van der Waals surface area contributed by atoms with Gasteiger partial charge in [-0.15, -0.1) is 0 Å². The number of cyclic esters (lactones) is 1. The predicted molar refractivity (Wildman–Crippen MR) is 59.1 cm³/mol. The smallest absolute Gasteiger partial charge is 0.415 e. The molecule has 0 aliphatic carbocycles. The fourth-order valence-electron chi connectivity index (χ4n) is 1.90. The lowest BCUT2D eigenvalue weighted by Gasteiger charge is -2.08. The van der Waals surface area contributed by atoms with Crippen molar-refractivity contribution in [2.24, 2.45) is 0 Å². The monoisotopic (exact) mass is 228 g/mol. The van der Waals surface area contributed by atoms with Crippen LogP contribution in [-0.2, 0) is 9.53 Å². The molecule has 1 unspecified atom stereocenters. The summed E-state index contributed by atoms with van der Waals surface area (Å²) in [5.74, 6) is -0.451. The summed E-state index contributed by atoms with van der Waals surface area (Å²) in [4.78, 5) is 26.8. The van der Waals surface area contributed by atoms with Gasteiger partial charge in [-0.3, -0.25) is 15.1 Å². The van der Waals surface area contributed by atoms with Gasteiger partial charge in [0.05, 0.1) is 5.52 Å². The molecule has 1 aliphatic heterocycles. The molecule has 2 aromatic rings. The molecule has 0 bridgehead atoms. The number of rotatable bonds is 1. The number of amides is 2. The Labute approximate surface area is 96.4 Å². The molecule has 17 heavy (non-hydrogen) atoms. The van der Waals surface area contributed by atoms with E-state index in [0.717, 1.165) is 5.39 Å². The van der Waals surface area contributed by atoms with E-state index in [4.69, 9.17) is 4.74 Å². The van der Waals surface area contributed by atoms with Crippen LogP contribution in [0.3, 0.4) is 0 Å². The van der Waals surface area contributed by atoms with Crippen LogP contribution < -0.4 is 5.32 Å². The van der Waals surface area contributed by atoms with Crippen molar-refractivity contribution in [2.45, 2.75) is 6.10 Å². The Morgan fingerprint density at radius 2 is 2.00 bits per heavy atom. The molecule has 1 atom stereocenters. The van der Waals surface area contributed by atoms with Crippen molar-refractivity contribution in [2.75, 3.05) is 0 Å². The van der Waals surface area contributed by atoms with E-state index in [0.29, 0.717) is 11.1 Å². The minimum Gasteiger partial charge on any atom is -0.431 e. The van der Waals surface area contributed by atoms with Crippen molar-refractivity contribution < 1.29 is 14.3 Å². The highest BCUT2D eigenvalue weighted by molar-refractivity contribution is 6.02. The van der Waals surface area contributed by atoms with Gasteiger partial charge in [-0.1, -0.05) is 24.3 Å². The number of fused-ring (bicyclic) bond motifs is 1. The Morgan fingerprint density at radius 1 is 1.18 bits per heavy atom. The summed E-state index contributed by atoms with van der Waals surface area (Å²) in [5, 5.41) is 3.01. The lowest BCUT2D eigenvalue weighted by Crippen LogP contribution is -2.20. The number of alkyl carbamates (subject to hydrolysis) is 1. The third-order valence-corrected chi connectivity index (χ3v) is 2.63. The van der Waals surface area contributed by atoms with Gasteiger partial charge in [-0.2, -0.15) is 0 Å². The number of carbonyl (C=O) groups excluding carboxylic acids is 2. The van der Waals surface area contributed by atoms with E-state index in [1.807, 2.05) is 18.2 Å². The second-order valence-corrected chi connectivity index (χ2v) is 3.70. The van der Waals surface area contributed by atoms with Gasteiger partial charge in [0, 0.05) is 17.1 Å². The Balaban J connectivity index is 2.17. The summed E-state index contributed by atoms with van der Waals surface area (Å²) >= 11 is 0. The average Bonchev–Trinajstić information content (AvgIpc) is 2.68. The summed E-state index contributed by atoms with van der Waals surface area (Å²) in [6.45, 7) is 0. The second kappa shape index (κ2) is 3.55. The first-order chi connectivity index (χ1) is 8.25. The lowest BCUT2D eigenvalue weighted by molar-refractivity contribution is -0.123. The second-order valence-electron chi connectivity index (χ2n) is 3.70. The molecular formula is C12H8N2O3. The molecule has 5 nitrogen and oxygen atoms in total. The maximum Gasteiger partial charge on any atom is 0.415 e. The number of nitrogens with zero attached hydrogens (tertiary/aromatic N) is 1. The van der Waals surface area contributed by atoms with Crippen LogP contribution in [0.1, 0.15) is 11.7 Å². The molecule has 2 amide bonds. The van der Waals surface area contributed by atoms with Crippen LogP contribution in [0, 0.1) is 0 Å². The van der Waals surface area contributed by atoms with E-state index in [9.17, 15) is 9.59 Å². The standard InChI is InChI=1S/C12H8N2O3/c15-11-10(17-12(16)14-11)8-5-1-3-7-4-2-6-13-9(7)8/h1-6,10H,(H,14,15,16). The zero-order valence-electron chi connectivity index (χ0n) is 8.71. The van der Waals surface area contributed by atoms with E-state index >= 15 is 0 Å². The molecular weight excluding hydrogens is 220 g/mol. The third kappa shape index (κ3) is 1.52. The van der Waals surface area contributed by atoms with Gasteiger partial charge in [-0.05, 0) is 6.07 Å². The molecule has 3 rings (SSSR count). The summed E-state index contributed by atoms with van der Waals surface area (Å²) in [6, 6.07) is 9.13. The van der Waals surface area contributed by atoms with Crippen molar-refractivity contribution in [3.05, 3.63) is 42.1 Å². The molecule has 0 spiro atoms. The molecule has 1 aromatic carbocycles. The first-order valence-corrected chi connectivity index (χ1v) is 5.11. The number of aromatic nitrogens is 1. The topological polar surface area (TPSA) is 68.3 Å². The molecule has 1 aromatic heterocycles. The molecule has 1 N–H and O–H groups in total. The minimum absolute atomic E-state index is 0.451. The van der Waals surface area contributed by atoms with Crippen LogP contribution >= 0.6 is 0 Å². The summed E-state index contributed by atoms with van der Waals surface area (Å²) < 4.78 is 4.93. The highest BCUT2D eigenvalue weighted by Crippen LogP contribution is 2.27. The van der Waals surface area contributed by atoms with Gasteiger partial charge in [-0.25, -0.2) is 4.79 Å². The highest BCUT2D eigenvalue weighted by atomic mass is 16.6. The lowest BCUT2D eigenvalue weighted by atomic mass is 10.0. The van der Waals surface area contributed by atoms with Crippen molar-refractivity contribution in [3.63, 3.8) is 0 Å². The van der Waals surface area contributed by atoms with E-state index < -0.39 is 18.1 Å². The Bertz CT molecular complexity index is 619. The van der Waals surface area contributed by atoms with Crippen LogP contribution in [0.15, 0.2) is 36.5 Å². The van der Waals surface area contributed by atoms with Gasteiger partial charge >= 0.3 is 6.09 Å². The van der Waals surface area contributed by atoms with Gasteiger partial charge < -0.3 is 4.74 Å². The van der Waals surface area contributed by atoms with E-state index in [2.05, 4.69) is 10.3 Å². The zero-order valence-corrected chi connectivity index (χ0v) is 8.71. The molecule has 2 heterocycles. The first kappa shape index (κ1) is 9.77. The van der Waals surface area contributed by atoms with E-state index in [-0.39, 0.29) is 0 Å². The summed E-state index contributed by atoms with van der Waals surface area (Å²) in [6.07, 6.45) is 0.0228. The van der Waals surface area contributed by atoms with Gasteiger partial charge in [0.2, 0.25) is 6.10 Å². The summed E-state index contributed by atoms with van der Waals surface area (Å²) in [7, 11) is 0. The number of imide groups is 1. The zero-order chi connectivity index (χ0) is 11.8. The number of ether oxygens (including phenoxy) is 1. The maximum atomic E-state index is 11.5. The SMILES string of the molecule is O=C1NC(=O)C(c2cccc3cccnc23)O1. The van der Waals surface area contributed by atoms with Gasteiger partial charge in [0.1, 0.15) is 0 Å². The molecule has 0 radical (unpaired) electrons. The average molecular weight is 228 g/mol. The minimum atomic E-state index is -0.902. The number of benzene rings is 1. The molecule has 1 aliphatic rings. The molecule has 84 valence electrons. The fraction of sp³-hybridized carbons (Fsp3) is 0.0833. The van der Waals surface area contributed by atoms with Crippen LogP contribution in [0.4, 0.5) is 4.79 Å². The third-order valence-electron chi connectivity index (χ3n) is 2.63. The van der Waals surface area contributed by atoms with Crippen molar-refractivity contribution in [3.8, 4) is 0 Å². The number of para-hydroxylation sites is 1. The number of hydrogen-bond donors (Lipinski definition) is 1. The van der Waals surface area contributed by atoms with Crippen LogP contribution in [0.5, 0.6) is 0 Å². The number of carbonyl (C=O) groups is 2. The largest absolute Gasteiger partial charge is 0.431 e. The number of hydrogen-bond acceptors (Lipinski definition) is 4. The molecule has 0 saturated carbocycles. The van der Waals surface area contributed by atoms with E-state index in [1.165, 1.54) is 0 Å². The van der Waals surface area contributed by atoms with Crippen LogP contribution in [0.25, 0.3) is 10.9 Å².